The van der Waals surface area contributed by atoms with Crippen LogP contribution in [0.5, 0.6) is 11.5 Å². The summed E-state index contributed by atoms with van der Waals surface area (Å²) in [5.41, 5.74) is -0.792. The van der Waals surface area contributed by atoms with E-state index in [0.29, 0.717) is 22.6 Å². The molecule has 5 atom stereocenters. The fraction of sp³-hybridized carbons (Fsp3) is 0.388. The van der Waals surface area contributed by atoms with E-state index in [4.69, 9.17) is 28.0 Å². The minimum atomic E-state index is -4.05. The highest BCUT2D eigenvalue weighted by molar-refractivity contribution is 7.88. The number of rotatable bonds is 20. The third-order valence-electron chi connectivity index (χ3n) is 11.9. The van der Waals surface area contributed by atoms with Crippen LogP contribution in [0, 0.1) is 18.3 Å². The van der Waals surface area contributed by atoms with Crippen LogP contribution in [0.25, 0.3) is 0 Å². The number of hydrogen-bond acceptors (Lipinski definition) is 13. The Morgan fingerprint density at radius 1 is 0.925 bits per heavy atom. The molecule has 1 amide bonds. The van der Waals surface area contributed by atoms with Crippen LogP contribution in [0.4, 0.5) is 5.82 Å². The maximum Gasteiger partial charge on any atom is 0.351 e. The number of hydrogen-bond donors (Lipinski definition) is 1. The van der Waals surface area contributed by atoms with Crippen LogP contribution < -0.4 is 20.5 Å². The number of ether oxygens (including phenoxy) is 4. The number of benzene rings is 4. The van der Waals surface area contributed by atoms with Gasteiger partial charge in [-0.3, -0.25) is 9.36 Å². The Kier molecular flexibility index (Phi) is 15.3. The van der Waals surface area contributed by atoms with Gasteiger partial charge in [0.1, 0.15) is 34.6 Å². The molecule has 0 radical (unpaired) electrons. The summed E-state index contributed by atoms with van der Waals surface area (Å²) >= 11 is 0. The van der Waals surface area contributed by atoms with Crippen molar-refractivity contribution in [3.63, 3.8) is 0 Å². The zero-order valence-corrected chi connectivity index (χ0v) is 40.6. The van der Waals surface area contributed by atoms with E-state index in [2.05, 4.69) is 16.4 Å². The summed E-state index contributed by atoms with van der Waals surface area (Å²) in [5.74, 6) is 0.829. The highest BCUT2D eigenvalue weighted by Crippen LogP contribution is 2.57. The van der Waals surface area contributed by atoms with Crippen LogP contribution in [0.2, 0.25) is 0 Å². The Balaban J connectivity index is 1.41. The molecule has 2 saturated heterocycles. The standard InChI is InChI=1S/C49H57N6O10PS/c1-33(2)55(34(3)4)66(63-29-15-28-50)65-43-42-46(53-30-35(5)44(52-47(53)57)51-45(56)36-16-11-9-12-17-36)64-48(43,31-54(42)67(8,58)59)32-62-49(37-18-13-10-14-19-37,38-20-24-40(60-6)25-21-38)39-22-26-41(61-7)27-23-39/h9-14,16-27,30,33-34,42-43,46H,15,29,31-32H2,1-8H3,(H,51,52,56,57)/t42-,43+,46-,48-,66?/m1/s1. The smallest absolute Gasteiger partial charge is 0.351 e. The number of anilines is 1. The molecule has 0 saturated carbocycles. The largest absolute Gasteiger partial charge is 0.497 e. The zero-order chi connectivity index (χ0) is 48.1. The third kappa shape index (κ3) is 10.2. The van der Waals surface area contributed by atoms with Gasteiger partial charge in [-0.05, 0) is 87.7 Å². The number of methoxy groups -OCH3 is 2. The van der Waals surface area contributed by atoms with E-state index in [1.54, 1.807) is 51.5 Å². The first-order valence-corrected chi connectivity index (χ1v) is 24.9. The number of morpholine rings is 1. The minimum absolute atomic E-state index is 0.0367. The van der Waals surface area contributed by atoms with Gasteiger partial charge >= 0.3 is 5.69 Å². The van der Waals surface area contributed by atoms with E-state index < -0.39 is 59.7 Å². The number of aromatic nitrogens is 2. The molecule has 4 aromatic carbocycles. The topological polar surface area (TPSA) is 184 Å². The quantitative estimate of drug-likeness (QED) is 0.0463. The Bertz CT molecular complexity index is 2650. The fourth-order valence-electron chi connectivity index (χ4n) is 8.85. The van der Waals surface area contributed by atoms with Gasteiger partial charge in [-0.25, -0.2) is 17.9 Å². The zero-order valence-electron chi connectivity index (χ0n) is 38.9. The molecular weight excluding hydrogens is 896 g/mol. The van der Waals surface area contributed by atoms with Crippen LogP contribution in [-0.4, -0.2) is 103 Å². The number of carbonyl (C=O) groups excluding carboxylic acids is 1. The van der Waals surface area contributed by atoms with Gasteiger partial charge in [0.2, 0.25) is 10.0 Å². The van der Waals surface area contributed by atoms with Crippen molar-refractivity contribution < 1.29 is 41.2 Å². The van der Waals surface area contributed by atoms with E-state index in [0.717, 1.165) is 22.9 Å². The third-order valence-corrected chi connectivity index (χ3v) is 15.2. The second-order valence-electron chi connectivity index (χ2n) is 17.0. The van der Waals surface area contributed by atoms with Gasteiger partial charge in [0.05, 0.1) is 52.2 Å². The van der Waals surface area contributed by atoms with Crippen molar-refractivity contribution in [1.29, 1.82) is 5.26 Å². The summed E-state index contributed by atoms with van der Waals surface area (Å²) < 4.78 is 72.1. The Labute approximate surface area is 393 Å². The van der Waals surface area contributed by atoms with Crippen molar-refractivity contribution in [2.24, 2.45) is 0 Å². The molecule has 0 spiro atoms. The van der Waals surface area contributed by atoms with E-state index >= 15 is 0 Å². The molecular formula is C49H57N6O10PS. The van der Waals surface area contributed by atoms with Crippen molar-refractivity contribution in [1.82, 2.24) is 18.5 Å². The molecule has 2 aliphatic heterocycles. The molecule has 0 aliphatic carbocycles. The van der Waals surface area contributed by atoms with E-state index in [-0.39, 0.29) is 44.1 Å². The monoisotopic (exact) mass is 952 g/mol. The second kappa shape index (κ2) is 20.8. The number of sulfonamides is 1. The maximum atomic E-state index is 14.3. The molecule has 1 unspecified atom stereocenters. The van der Waals surface area contributed by atoms with Gasteiger partial charge in [0.15, 0.2) is 6.23 Å². The first-order valence-electron chi connectivity index (χ1n) is 21.9. The summed E-state index contributed by atoms with van der Waals surface area (Å²) in [6, 6.07) is 34.0. The number of nitrogens with one attached hydrogen (secondary N) is 1. The Morgan fingerprint density at radius 2 is 1.48 bits per heavy atom. The van der Waals surface area contributed by atoms with Crippen molar-refractivity contribution in [3.05, 3.63) is 154 Å². The summed E-state index contributed by atoms with van der Waals surface area (Å²) in [5, 5.41) is 12.3. The predicted octanol–water partition coefficient (Wildman–Crippen LogP) is 7.40. The highest BCUT2D eigenvalue weighted by atomic mass is 32.2. The lowest BCUT2D eigenvalue weighted by Gasteiger charge is -2.42. The number of amides is 1. The van der Waals surface area contributed by atoms with Gasteiger partial charge in [-0.15, -0.1) is 0 Å². The average molecular weight is 953 g/mol. The summed E-state index contributed by atoms with van der Waals surface area (Å²) in [7, 11) is -2.87. The van der Waals surface area contributed by atoms with Gasteiger partial charge in [0, 0.05) is 36.0 Å². The van der Waals surface area contributed by atoms with Gasteiger partial charge in [-0.2, -0.15) is 14.6 Å². The molecule has 1 N–H and O–H groups in total. The lowest BCUT2D eigenvalue weighted by molar-refractivity contribution is -0.169. The molecule has 7 rings (SSSR count). The molecule has 1 aromatic heterocycles. The maximum absolute atomic E-state index is 14.3. The second-order valence-corrected chi connectivity index (χ2v) is 20.4. The predicted molar refractivity (Wildman–Crippen MR) is 254 cm³/mol. The Hall–Kier alpha value is -5.54. The van der Waals surface area contributed by atoms with Crippen LogP contribution >= 0.6 is 8.53 Å². The number of nitrogens with zero attached hydrogens (tertiary/aromatic N) is 5. The molecule has 354 valence electrons. The normalized spacial score (nSPS) is 20.0. The van der Waals surface area contributed by atoms with Crippen molar-refractivity contribution in [2.75, 3.05) is 45.6 Å². The van der Waals surface area contributed by atoms with Crippen molar-refractivity contribution in [2.45, 2.75) is 82.7 Å². The molecule has 16 nitrogen and oxygen atoms in total. The molecule has 3 heterocycles. The van der Waals surface area contributed by atoms with Crippen molar-refractivity contribution in [3.8, 4) is 17.6 Å². The first-order chi connectivity index (χ1) is 32.1. The van der Waals surface area contributed by atoms with Gasteiger partial charge in [0.25, 0.3) is 14.4 Å². The van der Waals surface area contributed by atoms with Crippen LogP contribution in [-0.2, 0) is 34.1 Å². The molecule has 18 heteroatoms. The lowest BCUT2D eigenvalue weighted by atomic mass is 9.79. The lowest BCUT2D eigenvalue weighted by Crippen LogP contribution is -2.52. The summed E-state index contributed by atoms with van der Waals surface area (Å²) in [6.07, 6.45) is 0.265. The van der Waals surface area contributed by atoms with Gasteiger partial charge in [-0.1, -0.05) is 72.8 Å². The molecule has 67 heavy (non-hydrogen) atoms. The molecule has 5 aromatic rings. The minimum Gasteiger partial charge on any atom is -0.497 e. The number of nitriles is 1. The number of fused-ring (bicyclic) bond motifs is 2. The van der Waals surface area contributed by atoms with Crippen LogP contribution in [0.3, 0.4) is 0 Å². The number of carbonyl (C=O) groups is 1. The van der Waals surface area contributed by atoms with E-state index in [9.17, 15) is 23.3 Å². The number of aryl methyl sites for hydroxylation is 1. The fourth-order valence-corrected chi connectivity index (χ4v) is 11.8. The van der Waals surface area contributed by atoms with E-state index in [1.165, 1.54) is 15.1 Å². The van der Waals surface area contributed by atoms with E-state index in [1.807, 2.05) is 111 Å². The van der Waals surface area contributed by atoms with Gasteiger partial charge < -0.3 is 33.3 Å². The van der Waals surface area contributed by atoms with Crippen LogP contribution in [0.1, 0.15) is 73.0 Å². The molecule has 2 aliphatic rings. The first kappa shape index (κ1) is 49.4. The molecule has 2 bridgehead atoms. The SMILES string of the molecule is COc1ccc(C(OC[C@@]23CN(S(C)(=O)=O)[C@@H]([C@H](n4cc(C)c(NC(=O)c5ccccc5)nc4=O)O2)[C@@H]3OP(OCCC#N)N(C(C)C)C(C)C)(c2ccccc2)c2ccc(OC)cc2)cc1. The molecule has 2 fully saturated rings. The highest BCUT2D eigenvalue weighted by Gasteiger charge is 2.69. The summed E-state index contributed by atoms with van der Waals surface area (Å²) in [4.78, 5) is 31.8. The Morgan fingerprint density at radius 3 is 2.00 bits per heavy atom. The van der Waals surface area contributed by atoms with Crippen molar-refractivity contribution >= 4 is 30.3 Å². The van der Waals surface area contributed by atoms with Crippen LogP contribution in [0.15, 0.2) is 120 Å². The summed E-state index contributed by atoms with van der Waals surface area (Å²) in [6.45, 7) is 9.24. The average Bonchev–Trinajstić information content (AvgIpc) is 3.80.